The number of hydrogen-bond acceptors (Lipinski definition) is 5. The molecule has 0 aliphatic carbocycles. The second-order valence-corrected chi connectivity index (χ2v) is 8.02. The number of aromatic nitrogens is 2. The molecule has 2 amide bonds. The number of hydrogen-bond donors (Lipinski definition) is 1. The molecule has 172 valence electrons. The third kappa shape index (κ3) is 5.74. The third-order valence-corrected chi connectivity index (χ3v) is 5.23. The van der Waals surface area contributed by atoms with Gasteiger partial charge in [0.2, 0.25) is 0 Å². The first-order chi connectivity index (χ1) is 15.2. The van der Waals surface area contributed by atoms with E-state index in [4.69, 9.17) is 0 Å². The van der Waals surface area contributed by atoms with E-state index in [0.717, 1.165) is 12.5 Å². The Morgan fingerprint density at radius 3 is 2.34 bits per heavy atom. The number of rotatable bonds is 6. The van der Waals surface area contributed by atoms with E-state index < -0.39 is 17.6 Å². The van der Waals surface area contributed by atoms with Crippen molar-refractivity contribution >= 4 is 17.6 Å². The van der Waals surface area contributed by atoms with Gasteiger partial charge in [-0.1, -0.05) is 26.0 Å². The fourth-order valence-electron chi connectivity index (χ4n) is 3.39. The molecule has 1 saturated heterocycles. The Labute approximate surface area is 184 Å². The van der Waals surface area contributed by atoms with Gasteiger partial charge in [-0.15, -0.1) is 0 Å². The summed E-state index contributed by atoms with van der Waals surface area (Å²) in [5.74, 6) is 0.100. The Hall–Kier alpha value is -3.17. The van der Waals surface area contributed by atoms with Gasteiger partial charge in [0.15, 0.2) is 0 Å². The Kier molecular flexibility index (Phi) is 7.32. The minimum atomic E-state index is -4.59. The van der Waals surface area contributed by atoms with Gasteiger partial charge >= 0.3 is 6.18 Å². The second-order valence-electron chi connectivity index (χ2n) is 8.02. The van der Waals surface area contributed by atoms with Crippen molar-refractivity contribution in [3.05, 3.63) is 53.5 Å². The number of anilines is 1. The normalized spacial score (nSPS) is 14.6. The lowest BCUT2D eigenvalue weighted by atomic mass is 10.1. The van der Waals surface area contributed by atoms with Crippen molar-refractivity contribution in [1.82, 2.24) is 20.2 Å². The van der Waals surface area contributed by atoms with Crippen LogP contribution in [0.4, 0.5) is 19.0 Å². The zero-order valence-corrected chi connectivity index (χ0v) is 18.0. The summed E-state index contributed by atoms with van der Waals surface area (Å²) in [6, 6.07) is 4.81. The van der Waals surface area contributed by atoms with Gasteiger partial charge in [-0.05, 0) is 24.5 Å². The van der Waals surface area contributed by atoms with Crippen LogP contribution in [0.5, 0.6) is 0 Å². The third-order valence-electron chi connectivity index (χ3n) is 5.23. The highest BCUT2D eigenvalue weighted by Crippen LogP contribution is 2.32. The molecule has 2 heterocycles. The molecule has 1 aromatic heterocycles. The van der Waals surface area contributed by atoms with Crippen molar-refractivity contribution in [3.63, 3.8) is 0 Å². The number of alkyl halides is 3. The molecule has 2 aromatic rings. The van der Waals surface area contributed by atoms with Crippen LogP contribution >= 0.6 is 0 Å². The standard InChI is InChI=1S/C22H26F3N5O2/c1-15(2)7-8-26-20(31)18-13-28-19(14-27-18)29-9-11-30(12-10-29)21(32)16-5-3-4-6-17(16)22(23,24)25/h3-6,13-15H,7-12H2,1-2H3,(H,26,31). The molecular formula is C22H26F3N5O2. The van der Waals surface area contributed by atoms with E-state index in [1.165, 1.54) is 35.5 Å². The molecule has 1 aliphatic rings. The van der Waals surface area contributed by atoms with Gasteiger partial charge in [0.1, 0.15) is 11.5 Å². The molecule has 1 fully saturated rings. The van der Waals surface area contributed by atoms with Crippen molar-refractivity contribution in [2.75, 3.05) is 37.6 Å². The van der Waals surface area contributed by atoms with E-state index in [9.17, 15) is 22.8 Å². The van der Waals surface area contributed by atoms with Crippen LogP contribution in [0.15, 0.2) is 36.7 Å². The van der Waals surface area contributed by atoms with E-state index >= 15 is 0 Å². The number of benzene rings is 1. The predicted octanol–water partition coefficient (Wildman–Crippen LogP) is 3.23. The van der Waals surface area contributed by atoms with Gasteiger partial charge in [0.05, 0.1) is 23.5 Å². The van der Waals surface area contributed by atoms with E-state index in [1.54, 1.807) is 0 Å². The van der Waals surface area contributed by atoms with Crippen LogP contribution in [-0.4, -0.2) is 59.4 Å². The first kappa shape index (κ1) is 23.5. The van der Waals surface area contributed by atoms with Crippen molar-refractivity contribution in [1.29, 1.82) is 0 Å². The zero-order valence-electron chi connectivity index (χ0n) is 18.0. The summed E-state index contributed by atoms with van der Waals surface area (Å²) in [6.07, 6.45) is -0.828. The minimum Gasteiger partial charge on any atom is -0.352 e. The van der Waals surface area contributed by atoms with Gasteiger partial charge < -0.3 is 15.1 Å². The number of nitrogens with zero attached hydrogens (tertiary/aromatic N) is 4. The first-order valence-corrected chi connectivity index (χ1v) is 10.5. The lowest BCUT2D eigenvalue weighted by molar-refractivity contribution is -0.138. The average Bonchev–Trinajstić information content (AvgIpc) is 2.78. The van der Waals surface area contributed by atoms with Crippen LogP contribution in [-0.2, 0) is 6.18 Å². The molecule has 0 radical (unpaired) electrons. The van der Waals surface area contributed by atoms with Gasteiger partial charge in [-0.25, -0.2) is 9.97 Å². The van der Waals surface area contributed by atoms with Gasteiger partial charge in [0, 0.05) is 32.7 Å². The minimum absolute atomic E-state index is 0.218. The van der Waals surface area contributed by atoms with E-state index in [1.807, 2.05) is 4.90 Å². The highest BCUT2D eigenvalue weighted by atomic mass is 19.4. The van der Waals surface area contributed by atoms with Crippen LogP contribution in [0.25, 0.3) is 0 Å². The molecule has 0 unspecified atom stereocenters. The van der Waals surface area contributed by atoms with Crippen LogP contribution in [0.1, 0.15) is 46.7 Å². The molecule has 7 nitrogen and oxygen atoms in total. The molecular weight excluding hydrogens is 423 g/mol. The summed E-state index contributed by atoms with van der Waals surface area (Å²) < 4.78 is 39.7. The largest absolute Gasteiger partial charge is 0.417 e. The Morgan fingerprint density at radius 2 is 1.75 bits per heavy atom. The lowest BCUT2D eigenvalue weighted by Crippen LogP contribution is -2.49. The molecule has 0 saturated carbocycles. The van der Waals surface area contributed by atoms with Crippen LogP contribution in [0.2, 0.25) is 0 Å². The molecule has 1 aromatic carbocycles. The number of halogens is 3. The average molecular weight is 449 g/mol. The smallest absolute Gasteiger partial charge is 0.352 e. The van der Waals surface area contributed by atoms with Crippen LogP contribution in [0.3, 0.4) is 0 Å². The van der Waals surface area contributed by atoms with E-state index in [0.29, 0.717) is 31.4 Å². The van der Waals surface area contributed by atoms with Crippen molar-refractivity contribution in [2.45, 2.75) is 26.4 Å². The van der Waals surface area contributed by atoms with E-state index in [-0.39, 0.29) is 30.3 Å². The molecule has 32 heavy (non-hydrogen) atoms. The molecule has 3 rings (SSSR count). The fraction of sp³-hybridized carbons (Fsp3) is 0.455. The van der Waals surface area contributed by atoms with Crippen LogP contribution in [0, 0.1) is 5.92 Å². The SMILES string of the molecule is CC(C)CCNC(=O)c1cnc(N2CCN(C(=O)c3ccccc3C(F)(F)F)CC2)cn1. The van der Waals surface area contributed by atoms with Crippen LogP contribution < -0.4 is 10.2 Å². The van der Waals surface area contributed by atoms with Gasteiger partial charge in [-0.2, -0.15) is 13.2 Å². The second kappa shape index (κ2) is 9.97. The number of piperazine rings is 1. The first-order valence-electron chi connectivity index (χ1n) is 10.5. The maximum absolute atomic E-state index is 13.2. The zero-order chi connectivity index (χ0) is 23.3. The molecule has 0 atom stereocenters. The Balaban J connectivity index is 1.58. The summed E-state index contributed by atoms with van der Waals surface area (Å²) in [4.78, 5) is 36.6. The van der Waals surface area contributed by atoms with E-state index in [2.05, 4.69) is 29.1 Å². The highest BCUT2D eigenvalue weighted by molar-refractivity contribution is 5.96. The molecule has 0 bridgehead atoms. The maximum atomic E-state index is 13.2. The highest BCUT2D eigenvalue weighted by Gasteiger charge is 2.36. The maximum Gasteiger partial charge on any atom is 0.417 e. The van der Waals surface area contributed by atoms with Crippen molar-refractivity contribution in [2.24, 2.45) is 5.92 Å². The summed E-state index contributed by atoms with van der Waals surface area (Å²) >= 11 is 0. The quantitative estimate of drug-likeness (QED) is 0.733. The van der Waals surface area contributed by atoms with Crippen molar-refractivity contribution < 1.29 is 22.8 Å². The Bertz CT molecular complexity index is 939. The Morgan fingerprint density at radius 1 is 1.06 bits per heavy atom. The number of carbonyl (C=O) groups excluding carboxylic acids is 2. The molecule has 0 spiro atoms. The number of carbonyl (C=O) groups is 2. The summed E-state index contributed by atoms with van der Waals surface area (Å²) in [5, 5.41) is 2.80. The van der Waals surface area contributed by atoms with Gasteiger partial charge in [-0.3, -0.25) is 9.59 Å². The molecule has 1 N–H and O–H groups in total. The fourth-order valence-corrected chi connectivity index (χ4v) is 3.39. The number of nitrogens with one attached hydrogen (secondary N) is 1. The molecule has 1 aliphatic heterocycles. The number of amides is 2. The predicted molar refractivity (Wildman–Crippen MR) is 113 cm³/mol. The molecule has 10 heteroatoms. The summed E-state index contributed by atoms with van der Waals surface area (Å²) in [6.45, 7) is 6.01. The monoisotopic (exact) mass is 449 g/mol. The van der Waals surface area contributed by atoms with Crippen molar-refractivity contribution in [3.8, 4) is 0 Å². The summed E-state index contributed by atoms with van der Waals surface area (Å²) in [5.41, 5.74) is -1.06. The summed E-state index contributed by atoms with van der Waals surface area (Å²) in [7, 11) is 0. The topological polar surface area (TPSA) is 78.4 Å². The van der Waals surface area contributed by atoms with Gasteiger partial charge in [0.25, 0.3) is 11.8 Å². The lowest BCUT2D eigenvalue weighted by Gasteiger charge is -2.35.